The number of allylic oxidation sites excluding steroid dienone is 2. The Hall–Kier alpha value is -0.340. The van der Waals surface area contributed by atoms with Gasteiger partial charge in [0.2, 0.25) is 0 Å². The summed E-state index contributed by atoms with van der Waals surface area (Å²) in [5, 5.41) is 0. The maximum atomic E-state index is 5.17. The number of ether oxygens (including phenoxy) is 2. The molecular weight excluding hydrogens is 200 g/mol. The van der Waals surface area contributed by atoms with Crippen molar-refractivity contribution in [2.75, 3.05) is 13.2 Å². The van der Waals surface area contributed by atoms with Crippen molar-refractivity contribution in [1.29, 1.82) is 0 Å². The van der Waals surface area contributed by atoms with Gasteiger partial charge < -0.3 is 9.47 Å². The van der Waals surface area contributed by atoms with Gasteiger partial charge in [-0.15, -0.1) is 0 Å². The highest BCUT2D eigenvalue weighted by atomic mass is 16.7. The van der Waals surface area contributed by atoms with Gasteiger partial charge in [0.05, 0.1) is 13.2 Å². The zero-order chi connectivity index (χ0) is 12.0. The average Bonchev–Trinajstić information content (AvgIpc) is 2.28. The highest BCUT2D eigenvalue weighted by Gasteiger charge is 2.13. The Kier molecular flexibility index (Phi) is 6.07. The van der Waals surface area contributed by atoms with Crippen LogP contribution in [0.2, 0.25) is 0 Å². The molecule has 0 amide bonds. The molecule has 0 N–H and O–H groups in total. The monoisotopic (exact) mass is 226 g/mol. The van der Waals surface area contributed by atoms with E-state index in [1.165, 1.54) is 12.8 Å². The van der Waals surface area contributed by atoms with E-state index in [1.807, 2.05) is 6.92 Å². The Morgan fingerprint density at radius 2 is 1.25 bits per heavy atom. The molecule has 1 saturated heterocycles. The first-order valence-electron chi connectivity index (χ1n) is 6.49. The molecular formula is C14H26O2. The molecule has 2 unspecified atom stereocenters. The Morgan fingerprint density at radius 1 is 0.812 bits per heavy atom. The quantitative estimate of drug-likeness (QED) is 0.587. The van der Waals surface area contributed by atoms with Crippen molar-refractivity contribution in [2.45, 2.75) is 46.8 Å². The lowest BCUT2D eigenvalue weighted by molar-refractivity contribution is -0.187. The van der Waals surface area contributed by atoms with E-state index in [9.17, 15) is 0 Å². The van der Waals surface area contributed by atoms with Crippen molar-refractivity contribution in [1.82, 2.24) is 0 Å². The molecule has 16 heavy (non-hydrogen) atoms. The average molecular weight is 226 g/mol. The summed E-state index contributed by atoms with van der Waals surface area (Å²) in [5.74, 6) is 2.25. The molecule has 2 rings (SSSR count). The second kappa shape index (κ2) is 7.08. The second-order valence-electron chi connectivity index (χ2n) is 5.26. The predicted molar refractivity (Wildman–Crippen MR) is 67.2 cm³/mol. The first-order valence-corrected chi connectivity index (χ1v) is 6.49. The maximum Gasteiger partial charge on any atom is 0.154 e. The van der Waals surface area contributed by atoms with Crippen LogP contribution in [0.1, 0.15) is 40.5 Å². The summed E-state index contributed by atoms with van der Waals surface area (Å²) >= 11 is 0. The molecule has 1 aliphatic carbocycles. The SMILES string of the molecule is CC1C=CC(C)CC1.CC1COC(C)OC1. The molecule has 2 atom stereocenters. The van der Waals surface area contributed by atoms with Crippen LogP contribution in [0.4, 0.5) is 0 Å². The first-order chi connectivity index (χ1) is 7.58. The van der Waals surface area contributed by atoms with Gasteiger partial charge in [0.25, 0.3) is 0 Å². The zero-order valence-corrected chi connectivity index (χ0v) is 11.1. The van der Waals surface area contributed by atoms with Crippen LogP contribution in [0.3, 0.4) is 0 Å². The normalized spacial score (nSPS) is 38.8. The minimum atomic E-state index is 0.0196. The predicted octanol–water partition coefficient (Wildman–Crippen LogP) is 3.62. The highest BCUT2D eigenvalue weighted by Crippen LogP contribution is 2.20. The van der Waals surface area contributed by atoms with Gasteiger partial charge >= 0.3 is 0 Å². The largest absolute Gasteiger partial charge is 0.353 e. The molecule has 2 aliphatic rings. The minimum absolute atomic E-state index is 0.0196. The molecule has 0 aromatic heterocycles. The van der Waals surface area contributed by atoms with Gasteiger partial charge in [-0.3, -0.25) is 0 Å². The van der Waals surface area contributed by atoms with Crippen LogP contribution in [-0.4, -0.2) is 19.5 Å². The molecule has 1 heterocycles. The van der Waals surface area contributed by atoms with Crippen LogP contribution in [0.25, 0.3) is 0 Å². The molecule has 1 fully saturated rings. The van der Waals surface area contributed by atoms with Crippen molar-refractivity contribution < 1.29 is 9.47 Å². The number of rotatable bonds is 0. The third-order valence-electron chi connectivity index (χ3n) is 3.08. The zero-order valence-electron chi connectivity index (χ0n) is 11.1. The molecule has 0 bridgehead atoms. The van der Waals surface area contributed by atoms with Crippen molar-refractivity contribution in [2.24, 2.45) is 17.8 Å². The van der Waals surface area contributed by atoms with Gasteiger partial charge in [0.15, 0.2) is 6.29 Å². The summed E-state index contributed by atoms with van der Waals surface area (Å²) < 4.78 is 10.3. The third-order valence-corrected chi connectivity index (χ3v) is 3.08. The maximum absolute atomic E-state index is 5.17. The van der Waals surface area contributed by atoms with Gasteiger partial charge in [0, 0.05) is 5.92 Å². The first kappa shape index (κ1) is 13.7. The third kappa shape index (κ3) is 5.66. The van der Waals surface area contributed by atoms with E-state index in [0.29, 0.717) is 5.92 Å². The molecule has 2 heteroatoms. The van der Waals surface area contributed by atoms with Crippen LogP contribution >= 0.6 is 0 Å². The lowest BCUT2D eigenvalue weighted by Gasteiger charge is -2.24. The summed E-state index contributed by atoms with van der Waals surface area (Å²) in [6.07, 6.45) is 7.45. The van der Waals surface area contributed by atoms with Gasteiger partial charge in [-0.25, -0.2) is 0 Å². The van der Waals surface area contributed by atoms with Gasteiger partial charge in [-0.1, -0.05) is 32.9 Å². The van der Waals surface area contributed by atoms with Crippen LogP contribution in [0.15, 0.2) is 12.2 Å². The number of hydrogen-bond donors (Lipinski definition) is 0. The van der Waals surface area contributed by atoms with Gasteiger partial charge in [-0.05, 0) is 31.6 Å². The highest BCUT2D eigenvalue weighted by molar-refractivity contribution is 4.94. The molecule has 0 saturated carbocycles. The van der Waals surface area contributed by atoms with Crippen LogP contribution < -0.4 is 0 Å². The molecule has 0 spiro atoms. The Morgan fingerprint density at radius 3 is 1.56 bits per heavy atom. The summed E-state index contributed by atoms with van der Waals surface area (Å²) in [4.78, 5) is 0. The lowest BCUT2D eigenvalue weighted by atomic mass is 9.91. The molecule has 2 nitrogen and oxygen atoms in total. The summed E-state index contributed by atoms with van der Waals surface area (Å²) in [6.45, 7) is 10.3. The van der Waals surface area contributed by atoms with Crippen molar-refractivity contribution in [3.05, 3.63) is 12.2 Å². The summed E-state index contributed by atoms with van der Waals surface area (Å²) in [5.41, 5.74) is 0. The van der Waals surface area contributed by atoms with Gasteiger partial charge in [-0.2, -0.15) is 0 Å². The minimum Gasteiger partial charge on any atom is -0.353 e. The summed E-state index contributed by atoms with van der Waals surface area (Å²) in [7, 11) is 0. The van der Waals surface area contributed by atoms with E-state index in [4.69, 9.17) is 9.47 Å². The fourth-order valence-corrected chi connectivity index (χ4v) is 1.79. The van der Waals surface area contributed by atoms with Crippen molar-refractivity contribution >= 4 is 0 Å². The number of hydrogen-bond acceptors (Lipinski definition) is 2. The van der Waals surface area contributed by atoms with Crippen molar-refractivity contribution in [3.8, 4) is 0 Å². The van der Waals surface area contributed by atoms with E-state index in [-0.39, 0.29) is 6.29 Å². The molecule has 0 aromatic carbocycles. The van der Waals surface area contributed by atoms with E-state index in [2.05, 4.69) is 32.9 Å². The molecule has 94 valence electrons. The molecule has 0 aromatic rings. The second-order valence-corrected chi connectivity index (χ2v) is 5.26. The van der Waals surface area contributed by atoms with E-state index >= 15 is 0 Å². The van der Waals surface area contributed by atoms with Crippen LogP contribution in [0, 0.1) is 17.8 Å². The fourth-order valence-electron chi connectivity index (χ4n) is 1.79. The van der Waals surface area contributed by atoms with Crippen molar-refractivity contribution in [3.63, 3.8) is 0 Å². The smallest absolute Gasteiger partial charge is 0.154 e. The topological polar surface area (TPSA) is 18.5 Å². The standard InChI is InChI=1S/C8H14.C6H12O2/c1-7-3-5-8(2)6-4-7;1-5-3-7-6(2)8-4-5/h3,5,7-8H,4,6H2,1-2H3;5-6H,3-4H2,1-2H3. The van der Waals surface area contributed by atoms with Gasteiger partial charge in [0.1, 0.15) is 0 Å². The Bertz CT molecular complexity index is 183. The van der Waals surface area contributed by atoms with Crippen LogP contribution in [0.5, 0.6) is 0 Å². The fraction of sp³-hybridized carbons (Fsp3) is 0.857. The van der Waals surface area contributed by atoms with Crippen LogP contribution in [-0.2, 0) is 9.47 Å². The summed E-state index contributed by atoms with van der Waals surface area (Å²) in [6, 6.07) is 0. The van der Waals surface area contributed by atoms with E-state index in [1.54, 1.807) is 0 Å². The Balaban J connectivity index is 0.000000160. The van der Waals surface area contributed by atoms with E-state index in [0.717, 1.165) is 25.0 Å². The molecule has 0 radical (unpaired) electrons. The lowest BCUT2D eigenvalue weighted by Crippen LogP contribution is -2.27. The Labute approximate surface area is 100 Å². The van der Waals surface area contributed by atoms with E-state index < -0.39 is 0 Å². The molecule has 1 aliphatic heterocycles.